The fraction of sp³-hybridized carbons (Fsp3) is 0.538. The molecule has 0 aliphatic heterocycles. The van der Waals surface area contributed by atoms with E-state index in [1.165, 1.54) is 0 Å². The molecule has 0 heterocycles. The van der Waals surface area contributed by atoms with Gasteiger partial charge >= 0.3 is 0 Å². The molecule has 4 N–H and O–H groups in total. The fourth-order valence-electron chi connectivity index (χ4n) is 1.64. The maximum Gasteiger partial charge on any atom is 0.242 e. The van der Waals surface area contributed by atoms with Crippen molar-refractivity contribution in [2.75, 3.05) is 6.54 Å². The predicted molar refractivity (Wildman–Crippen MR) is 75.6 cm³/mol. The minimum Gasteiger partial charge on any atom is -0.544 e. The number of rotatable bonds is 6. The summed E-state index contributed by atoms with van der Waals surface area (Å²) in [5.74, 6) is 0.943. The zero-order valence-corrected chi connectivity index (χ0v) is 12.1. The van der Waals surface area contributed by atoms with Crippen LogP contribution in [0.15, 0.2) is 24.3 Å². The SMILES string of the molecule is C[Si](C)(C)Oc1ccc([C@@H](N)CCCN)cc1. The van der Waals surface area contributed by atoms with Crippen molar-refractivity contribution in [3.05, 3.63) is 29.8 Å². The largest absolute Gasteiger partial charge is 0.544 e. The maximum absolute atomic E-state index is 6.07. The molecule has 0 saturated carbocycles. The van der Waals surface area contributed by atoms with E-state index < -0.39 is 8.32 Å². The topological polar surface area (TPSA) is 61.3 Å². The van der Waals surface area contributed by atoms with Gasteiger partial charge in [-0.05, 0) is 56.7 Å². The molecule has 0 amide bonds. The van der Waals surface area contributed by atoms with Crippen molar-refractivity contribution in [1.82, 2.24) is 0 Å². The Balaban J connectivity index is 2.61. The van der Waals surface area contributed by atoms with Gasteiger partial charge in [0.1, 0.15) is 5.75 Å². The van der Waals surface area contributed by atoms with Gasteiger partial charge in [0.05, 0.1) is 0 Å². The van der Waals surface area contributed by atoms with E-state index in [-0.39, 0.29) is 6.04 Å². The average Bonchev–Trinajstić information content (AvgIpc) is 2.24. The van der Waals surface area contributed by atoms with Crippen molar-refractivity contribution in [1.29, 1.82) is 0 Å². The first-order valence-electron chi connectivity index (χ1n) is 6.17. The van der Waals surface area contributed by atoms with Gasteiger partial charge in [0.15, 0.2) is 0 Å². The molecule has 0 aliphatic rings. The molecule has 1 rings (SSSR count). The van der Waals surface area contributed by atoms with Crippen LogP contribution in [0.3, 0.4) is 0 Å². The van der Waals surface area contributed by atoms with Gasteiger partial charge in [-0.15, -0.1) is 0 Å². The van der Waals surface area contributed by atoms with Crippen molar-refractivity contribution in [2.24, 2.45) is 11.5 Å². The van der Waals surface area contributed by atoms with Gasteiger partial charge in [-0.1, -0.05) is 12.1 Å². The minimum atomic E-state index is -1.51. The first kappa shape index (κ1) is 14.2. The van der Waals surface area contributed by atoms with Crippen LogP contribution in [0.1, 0.15) is 24.4 Å². The van der Waals surface area contributed by atoms with E-state index in [1.54, 1.807) is 0 Å². The van der Waals surface area contributed by atoms with Crippen molar-refractivity contribution < 1.29 is 4.43 Å². The van der Waals surface area contributed by atoms with E-state index in [4.69, 9.17) is 15.9 Å². The van der Waals surface area contributed by atoms with Crippen LogP contribution in [0.4, 0.5) is 0 Å². The molecule has 1 aromatic carbocycles. The van der Waals surface area contributed by atoms with Crippen LogP contribution in [0.25, 0.3) is 0 Å². The predicted octanol–water partition coefficient (Wildman–Crippen LogP) is 2.64. The Morgan fingerprint density at radius 3 is 2.24 bits per heavy atom. The quantitative estimate of drug-likeness (QED) is 0.765. The van der Waals surface area contributed by atoms with Crippen molar-refractivity contribution in [3.63, 3.8) is 0 Å². The van der Waals surface area contributed by atoms with Gasteiger partial charge in [0, 0.05) is 6.04 Å². The maximum atomic E-state index is 6.07. The lowest BCUT2D eigenvalue weighted by atomic mass is 10.0. The summed E-state index contributed by atoms with van der Waals surface area (Å²) in [5.41, 5.74) is 12.7. The Labute approximate surface area is 105 Å². The summed E-state index contributed by atoms with van der Waals surface area (Å²) in [6.45, 7) is 7.22. The third-order valence-electron chi connectivity index (χ3n) is 2.45. The molecule has 96 valence electrons. The Kier molecular flexibility index (Phi) is 5.18. The summed E-state index contributed by atoms with van der Waals surface area (Å²) in [6, 6.07) is 8.21. The van der Waals surface area contributed by atoms with E-state index >= 15 is 0 Å². The van der Waals surface area contributed by atoms with E-state index in [0.29, 0.717) is 6.54 Å². The van der Waals surface area contributed by atoms with Crippen molar-refractivity contribution in [3.8, 4) is 5.75 Å². The summed E-state index contributed by atoms with van der Waals surface area (Å²) in [7, 11) is -1.51. The molecule has 0 radical (unpaired) electrons. The highest BCUT2D eigenvalue weighted by Crippen LogP contribution is 2.21. The summed E-state index contributed by atoms with van der Waals surface area (Å²) < 4.78 is 5.90. The molecule has 4 heteroatoms. The standard InChI is InChI=1S/C13H24N2OSi/c1-17(2,3)16-12-8-6-11(7-9-12)13(15)5-4-10-14/h6-9,13H,4-5,10,14-15H2,1-3H3/t13-/m0/s1. The number of nitrogens with two attached hydrogens (primary N) is 2. The van der Waals surface area contributed by atoms with Gasteiger partial charge in [-0.2, -0.15) is 0 Å². The Bertz CT molecular complexity index is 332. The molecule has 0 saturated heterocycles. The summed E-state index contributed by atoms with van der Waals surface area (Å²) in [4.78, 5) is 0. The Morgan fingerprint density at radius 2 is 1.76 bits per heavy atom. The highest BCUT2D eigenvalue weighted by Gasteiger charge is 2.16. The molecule has 1 atom stereocenters. The number of hydrogen-bond donors (Lipinski definition) is 2. The fourth-order valence-corrected chi connectivity index (χ4v) is 2.48. The van der Waals surface area contributed by atoms with E-state index in [0.717, 1.165) is 24.2 Å². The molecular formula is C13H24N2OSi. The highest BCUT2D eigenvalue weighted by atomic mass is 28.4. The molecule has 0 fully saturated rings. The molecule has 0 unspecified atom stereocenters. The Morgan fingerprint density at radius 1 is 1.18 bits per heavy atom. The smallest absolute Gasteiger partial charge is 0.242 e. The second-order valence-electron chi connectivity index (χ2n) is 5.32. The van der Waals surface area contributed by atoms with Crippen LogP contribution < -0.4 is 15.9 Å². The molecule has 1 aromatic rings. The van der Waals surface area contributed by atoms with E-state index in [9.17, 15) is 0 Å². The van der Waals surface area contributed by atoms with Gasteiger partial charge in [0.25, 0.3) is 0 Å². The highest BCUT2D eigenvalue weighted by molar-refractivity contribution is 6.70. The van der Waals surface area contributed by atoms with Gasteiger partial charge in [0.2, 0.25) is 8.32 Å². The van der Waals surface area contributed by atoms with Crippen molar-refractivity contribution in [2.45, 2.75) is 38.5 Å². The summed E-state index contributed by atoms with van der Waals surface area (Å²) >= 11 is 0. The van der Waals surface area contributed by atoms with Crippen LogP contribution in [0.2, 0.25) is 19.6 Å². The van der Waals surface area contributed by atoms with Crippen molar-refractivity contribution >= 4 is 8.32 Å². The molecule has 0 spiro atoms. The lowest BCUT2D eigenvalue weighted by Gasteiger charge is -2.20. The molecule has 0 bridgehead atoms. The molecule has 0 aromatic heterocycles. The monoisotopic (exact) mass is 252 g/mol. The van der Waals surface area contributed by atoms with Gasteiger partial charge in [-0.3, -0.25) is 0 Å². The zero-order valence-electron chi connectivity index (χ0n) is 11.1. The van der Waals surface area contributed by atoms with E-state index in [2.05, 4.69) is 31.8 Å². The van der Waals surface area contributed by atoms with Crippen LogP contribution in [0, 0.1) is 0 Å². The lowest BCUT2D eigenvalue weighted by Crippen LogP contribution is -2.29. The number of hydrogen-bond acceptors (Lipinski definition) is 3. The summed E-state index contributed by atoms with van der Waals surface area (Å²) in [5, 5.41) is 0. The molecule has 17 heavy (non-hydrogen) atoms. The van der Waals surface area contributed by atoms with Crippen LogP contribution in [-0.2, 0) is 0 Å². The molecular weight excluding hydrogens is 228 g/mol. The molecule has 0 aliphatic carbocycles. The lowest BCUT2D eigenvalue weighted by molar-refractivity contribution is 0.556. The third-order valence-corrected chi connectivity index (χ3v) is 3.30. The Hall–Kier alpha value is -0.843. The van der Waals surface area contributed by atoms with Crippen LogP contribution in [-0.4, -0.2) is 14.9 Å². The second-order valence-corrected chi connectivity index (χ2v) is 9.75. The first-order valence-corrected chi connectivity index (χ1v) is 9.58. The normalized spacial score (nSPS) is 13.5. The van der Waals surface area contributed by atoms with Gasteiger partial charge in [-0.25, -0.2) is 0 Å². The summed E-state index contributed by atoms with van der Waals surface area (Å²) in [6.07, 6.45) is 1.90. The van der Waals surface area contributed by atoms with Crippen LogP contribution in [0.5, 0.6) is 5.75 Å². The van der Waals surface area contributed by atoms with E-state index in [1.807, 2.05) is 12.1 Å². The molecule has 3 nitrogen and oxygen atoms in total. The zero-order chi connectivity index (χ0) is 12.9. The van der Waals surface area contributed by atoms with Crippen LogP contribution >= 0.6 is 0 Å². The second kappa shape index (κ2) is 6.19. The van der Waals surface area contributed by atoms with Gasteiger partial charge < -0.3 is 15.9 Å². The number of benzene rings is 1. The minimum absolute atomic E-state index is 0.0829. The first-order chi connectivity index (χ1) is 7.92. The average molecular weight is 252 g/mol. The third kappa shape index (κ3) is 5.34.